The first-order valence-corrected chi connectivity index (χ1v) is 6.31. The molecule has 0 aliphatic heterocycles. The molecule has 0 spiro atoms. The van der Waals surface area contributed by atoms with Gasteiger partial charge in [-0.1, -0.05) is 23.7 Å². The molecule has 5 nitrogen and oxygen atoms in total. The SMILES string of the molecule is CCN(C)C(=O)Nc1cnn(-c2ccccc2Cl)c1. The highest BCUT2D eigenvalue weighted by molar-refractivity contribution is 6.32. The molecule has 100 valence electrons. The number of carbonyl (C=O) groups excluding carboxylic acids is 1. The molecule has 0 fully saturated rings. The summed E-state index contributed by atoms with van der Waals surface area (Å²) in [6.07, 6.45) is 3.31. The number of rotatable bonds is 3. The van der Waals surface area contributed by atoms with Gasteiger partial charge in [0, 0.05) is 13.6 Å². The van der Waals surface area contributed by atoms with E-state index in [1.54, 1.807) is 35.1 Å². The number of amides is 2. The number of urea groups is 1. The maximum atomic E-state index is 11.7. The zero-order valence-electron chi connectivity index (χ0n) is 10.8. The smallest absolute Gasteiger partial charge is 0.321 e. The van der Waals surface area contributed by atoms with Crippen LogP contribution in [0.25, 0.3) is 5.69 Å². The van der Waals surface area contributed by atoms with Crippen LogP contribution >= 0.6 is 11.6 Å². The highest BCUT2D eigenvalue weighted by Gasteiger charge is 2.09. The van der Waals surface area contributed by atoms with Crippen LogP contribution in [0.3, 0.4) is 0 Å². The van der Waals surface area contributed by atoms with Crippen LogP contribution in [0.5, 0.6) is 0 Å². The van der Waals surface area contributed by atoms with E-state index in [2.05, 4.69) is 10.4 Å². The molecule has 19 heavy (non-hydrogen) atoms. The number of anilines is 1. The molecule has 0 aliphatic rings. The van der Waals surface area contributed by atoms with Gasteiger partial charge in [0.25, 0.3) is 0 Å². The van der Waals surface area contributed by atoms with E-state index in [1.807, 2.05) is 25.1 Å². The van der Waals surface area contributed by atoms with Gasteiger partial charge in [-0.2, -0.15) is 5.10 Å². The number of nitrogens with zero attached hydrogens (tertiary/aromatic N) is 3. The molecule has 2 aromatic rings. The van der Waals surface area contributed by atoms with E-state index >= 15 is 0 Å². The Labute approximate surface area is 116 Å². The maximum absolute atomic E-state index is 11.7. The minimum Gasteiger partial charge on any atom is -0.328 e. The Bertz CT molecular complexity index is 582. The lowest BCUT2D eigenvalue weighted by molar-refractivity contribution is 0.224. The van der Waals surface area contributed by atoms with Crippen molar-refractivity contribution in [3.8, 4) is 5.69 Å². The molecule has 0 bridgehead atoms. The highest BCUT2D eigenvalue weighted by atomic mass is 35.5. The van der Waals surface area contributed by atoms with E-state index in [9.17, 15) is 4.79 Å². The van der Waals surface area contributed by atoms with Gasteiger partial charge >= 0.3 is 6.03 Å². The summed E-state index contributed by atoms with van der Waals surface area (Å²) in [6.45, 7) is 2.55. The Hall–Kier alpha value is -2.01. The number of aromatic nitrogens is 2. The molecule has 2 amide bonds. The first kappa shape index (κ1) is 13.4. The monoisotopic (exact) mass is 278 g/mol. The average molecular weight is 279 g/mol. The van der Waals surface area contributed by atoms with Crippen LogP contribution in [-0.2, 0) is 0 Å². The number of para-hydroxylation sites is 1. The van der Waals surface area contributed by atoms with Crippen molar-refractivity contribution in [2.75, 3.05) is 18.9 Å². The lowest BCUT2D eigenvalue weighted by Gasteiger charge is -2.14. The van der Waals surface area contributed by atoms with Crippen LogP contribution < -0.4 is 5.32 Å². The first-order chi connectivity index (χ1) is 9.11. The number of carbonyl (C=O) groups is 1. The van der Waals surface area contributed by atoms with Gasteiger partial charge in [0.15, 0.2) is 0 Å². The van der Waals surface area contributed by atoms with Crippen LogP contribution in [0.1, 0.15) is 6.92 Å². The van der Waals surface area contributed by atoms with E-state index in [0.717, 1.165) is 5.69 Å². The fourth-order valence-electron chi connectivity index (χ4n) is 1.52. The number of nitrogens with one attached hydrogen (secondary N) is 1. The summed E-state index contributed by atoms with van der Waals surface area (Å²) in [6, 6.07) is 7.22. The summed E-state index contributed by atoms with van der Waals surface area (Å²) >= 11 is 6.09. The average Bonchev–Trinajstić information content (AvgIpc) is 2.86. The molecular formula is C13H15ClN4O. The third-order valence-corrected chi connectivity index (χ3v) is 3.07. The zero-order chi connectivity index (χ0) is 13.8. The van der Waals surface area contributed by atoms with Gasteiger partial charge in [-0.05, 0) is 19.1 Å². The van der Waals surface area contributed by atoms with E-state index in [4.69, 9.17) is 11.6 Å². The van der Waals surface area contributed by atoms with Crippen molar-refractivity contribution in [1.29, 1.82) is 0 Å². The molecule has 1 aromatic carbocycles. The number of halogens is 1. The fraction of sp³-hybridized carbons (Fsp3) is 0.231. The summed E-state index contributed by atoms with van der Waals surface area (Å²) in [5, 5.41) is 7.55. The van der Waals surface area contributed by atoms with E-state index in [-0.39, 0.29) is 6.03 Å². The van der Waals surface area contributed by atoms with Gasteiger partial charge in [0.05, 0.1) is 28.8 Å². The molecule has 1 heterocycles. The standard InChI is InChI=1S/C13H15ClN4O/c1-3-17(2)13(19)16-10-8-15-18(9-10)12-7-5-4-6-11(12)14/h4-9H,3H2,1-2H3,(H,16,19). The summed E-state index contributed by atoms with van der Waals surface area (Å²) in [5.41, 5.74) is 1.40. The van der Waals surface area contributed by atoms with E-state index in [1.165, 1.54) is 0 Å². The van der Waals surface area contributed by atoms with Crippen LogP contribution in [0.4, 0.5) is 10.5 Å². The molecule has 2 rings (SSSR count). The normalized spacial score (nSPS) is 10.3. The predicted octanol–water partition coefficient (Wildman–Crippen LogP) is 3.01. The van der Waals surface area contributed by atoms with E-state index in [0.29, 0.717) is 17.3 Å². The maximum Gasteiger partial charge on any atom is 0.321 e. The minimum atomic E-state index is -0.166. The molecule has 1 N–H and O–H groups in total. The molecule has 0 saturated heterocycles. The van der Waals surface area contributed by atoms with Gasteiger partial charge in [0.1, 0.15) is 0 Å². The second-order valence-electron chi connectivity index (χ2n) is 4.07. The van der Waals surface area contributed by atoms with Gasteiger partial charge in [-0.3, -0.25) is 0 Å². The first-order valence-electron chi connectivity index (χ1n) is 5.93. The van der Waals surface area contributed by atoms with Gasteiger partial charge in [-0.15, -0.1) is 0 Å². The highest BCUT2D eigenvalue weighted by Crippen LogP contribution is 2.20. The summed E-state index contributed by atoms with van der Waals surface area (Å²) in [4.78, 5) is 13.3. The number of benzene rings is 1. The second kappa shape index (κ2) is 5.75. The van der Waals surface area contributed by atoms with Crippen LogP contribution in [0.2, 0.25) is 5.02 Å². The molecule has 0 unspecified atom stereocenters. The van der Waals surface area contributed by atoms with Crippen molar-refractivity contribution in [1.82, 2.24) is 14.7 Å². The second-order valence-corrected chi connectivity index (χ2v) is 4.48. The molecule has 1 aromatic heterocycles. The molecular weight excluding hydrogens is 264 g/mol. The Balaban J connectivity index is 2.16. The lowest BCUT2D eigenvalue weighted by Crippen LogP contribution is -2.30. The molecule has 6 heteroatoms. The largest absolute Gasteiger partial charge is 0.328 e. The van der Waals surface area contributed by atoms with E-state index < -0.39 is 0 Å². The Morgan fingerprint density at radius 1 is 1.47 bits per heavy atom. The van der Waals surface area contributed by atoms with Gasteiger partial charge in [0.2, 0.25) is 0 Å². The van der Waals surface area contributed by atoms with Crippen LogP contribution in [0, 0.1) is 0 Å². The van der Waals surface area contributed by atoms with Crippen molar-refractivity contribution in [3.05, 3.63) is 41.7 Å². The summed E-state index contributed by atoms with van der Waals surface area (Å²) < 4.78 is 1.63. The van der Waals surface area contributed by atoms with Gasteiger partial charge in [-0.25, -0.2) is 9.48 Å². The van der Waals surface area contributed by atoms with Crippen LogP contribution in [-0.4, -0.2) is 34.3 Å². The quantitative estimate of drug-likeness (QED) is 0.938. The third kappa shape index (κ3) is 3.06. The van der Waals surface area contributed by atoms with Crippen molar-refractivity contribution in [2.45, 2.75) is 6.92 Å². The molecule has 0 saturated carbocycles. The van der Waals surface area contributed by atoms with Crippen molar-refractivity contribution in [3.63, 3.8) is 0 Å². The fourth-order valence-corrected chi connectivity index (χ4v) is 1.74. The topological polar surface area (TPSA) is 50.2 Å². The summed E-state index contributed by atoms with van der Waals surface area (Å²) in [7, 11) is 1.73. The lowest BCUT2D eigenvalue weighted by atomic mass is 10.3. The third-order valence-electron chi connectivity index (χ3n) is 2.75. The van der Waals surface area contributed by atoms with Crippen molar-refractivity contribution < 1.29 is 4.79 Å². The van der Waals surface area contributed by atoms with Crippen molar-refractivity contribution >= 4 is 23.3 Å². The Morgan fingerprint density at radius 3 is 2.89 bits per heavy atom. The molecule has 0 aliphatic carbocycles. The minimum absolute atomic E-state index is 0.166. The molecule has 0 atom stereocenters. The Morgan fingerprint density at radius 2 is 2.21 bits per heavy atom. The molecule has 0 radical (unpaired) electrons. The summed E-state index contributed by atoms with van der Waals surface area (Å²) in [5.74, 6) is 0. The number of hydrogen-bond acceptors (Lipinski definition) is 2. The predicted molar refractivity (Wildman–Crippen MR) is 75.9 cm³/mol. The Kier molecular flexibility index (Phi) is 4.06. The van der Waals surface area contributed by atoms with Crippen molar-refractivity contribution in [2.24, 2.45) is 0 Å². The van der Waals surface area contributed by atoms with Crippen LogP contribution in [0.15, 0.2) is 36.7 Å². The number of hydrogen-bond donors (Lipinski definition) is 1. The zero-order valence-corrected chi connectivity index (χ0v) is 11.6. The van der Waals surface area contributed by atoms with Gasteiger partial charge < -0.3 is 10.2 Å².